The Morgan fingerprint density at radius 2 is 1.95 bits per heavy atom. The largest absolute Gasteiger partial charge is 0.325 e. The van der Waals surface area contributed by atoms with Crippen molar-refractivity contribution in [2.75, 3.05) is 5.32 Å². The molecule has 0 radical (unpaired) electrons. The molecule has 0 unspecified atom stereocenters. The minimum atomic E-state index is -0.116. The van der Waals surface area contributed by atoms with E-state index in [0.717, 1.165) is 11.4 Å². The van der Waals surface area contributed by atoms with Gasteiger partial charge in [-0.05, 0) is 30.7 Å². The second-order valence-electron chi connectivity index (χ2n) is 4.44. The van der Waals surface area contributed by atoms with Crippen molar-refractivity contribution in [2.24, 2.45) is 0 Å². The SMILES string of the molecule is C[C@H](SCc1ccccc1)C(=O)Nc1cccc(Cl)c1. The molecular weight excluding hydrogens is 290 g/mol. The topological polar surface area (TPSA) is 29.1 Å². The third kappa shape index (κ3) is 4.58. The van der Waals surface area contributed by atoms with Gasteiger partial charge >= 0.3 is 0 Å². The number of rotatable bonds is 5. The van der Waals surface area contributed by atoms with E-state index in [4.69, 9.17) is 11.6 Å². The van der Waals surface area contributed by atoms with Crippen LogP contribution in [0.2, 0.25) is 5.02 Å². The Kier molecular flexibility index (Phi) is 5.50. The third-order valence-electron chi connectivity index (χ3n) is 2.80. The second kappa shape index (κ2) is 7.36. The Bertz CT molecular complexity index is 574. The first-order valence-corrected chi connectivity index (χ1v) is 7.80. The molecule has 4 heteroatoms. The van der Waals surface area contributed by atoms with Gasteiger partial charge in [0.2, 0.25) is 5.91 Å². The molecule has 0 spiro atoms. The van der Waals surface area contributed by atoms with Gasteiger partial charge in [-0.1, -0.05) is 48.0 Å². The smallest absolute Gasteiger partial charge is 0.237 e. The number of nitrogens with one attached hydrogen (secondary N) is 1. The molecule has 2 rings (SSSR count). The van der Waals surface area contributed by atoms with Gasteiger partial charge < -0.3 is 5.32 Å². The number of carbonyl (C=O) groups is 1. The molecule has 20 heavy (non-hydrogen) atoms. The molecule has 1 N–H and O–H groups in total. The van der Waals surface area contributed by atoms with E-state index >= 15 is 0 Å². The number of anilines is 1. The number of amides is 1. The number of benzene rings is 2. The number of carbonyl (C=O) groups excluding carboxylic acids is 1. The first-order valence-electron chi connectivity index (χ1n) is 6.37. The van der Waals surface area contributed by atoms with Crippen molar-refractivity contribution in [3.63, 3.8) is 0 Å². The number of hydrogen-bond donors (Lipinski definition) is 1. The highest BCUT2D eigenvalue weighted by molar-refractivity contribution is 7.99. The fraction of sp³-hybridized carbons (Fsp3) is 0.188. The summed E-state index contributed by atoms with van der Waals surface area (Å²) in [7, 11) is 0. The molecule has 0 aliphatic rings. The highest BCUT2D eigenvalue weighted by atomic mass is 35.5. The van der Waals surface area contributed by atoms with E-state index in [1.165, 1.54) is 5.56 Å². The lowest BCUT2D eigenvalue weighted by Crippen LogP contribution is -2.22. The molecule has 2 aromatic carbocycles. The zero-order chi connectivity index (χ0) is 14.4. The summed E-state index contributed by atoms with van der Waals surface area (Å²) in [6.45, 7) is 1.91. The molecule has 0 heterocycles. The first kappa shape index (κ1) is 14.9. The Morgan fingerprint density at radius 1 is 1.20 bits per heavy atom. The summed E-state index contributed by atoms with van der Waals surface area (Å²) in [4.78, 5) is 12.1. The molecule has 1 amide bonds. The quantitative estimate of drug-likeness (QED) is 0.874. The summed E-state index contributed by atoms with van der Waals surface area (Å²) in [5.74, 6) is 0.818. The van der Waals surface area contributed by atoms with Gasteiger partial charge in [0.25, 0.3) is 0 Å². The van der Waals surface area contributed by atoms with Crippen LogP contribution in [0.25, 0.3) is 0 Å². The molecule has 2 aromatic rings. The van der Waals surface area contributed by atoms with Crippen LogP contribution in [-0.2, 0) is 10.5 Å². The van der Waals surface area contributed by atoms with Crippen LogP contribution in [0.1, 0.15) is 12.5 Å². The van der Waals surface area contributed by atoms with Gasteiger partial charge in [-0.15, -0.1) is 11.8 Å². The maximum atomic E-state index is 12.1. The molecule has 0 aliphatic carbocycles. The summed E-state index contributed by atoms with van der Waals surface area (Å²) in [6.07, 6.45) is 0. The molecule has 0 aromatic heterocycles. The second-order valence-corrected chi connectivity index (χ2v) is 6.20. The van der Waals surface area contributed by atoms with E-state index < -0.39 is 0 Å². The number of thioether (sulfide) groups is 1. The van der Waals surface area contributed by atoms with Crippen LogP contribution in [0.5, 0.6) is 0 Å². The van der Waals surface area contributed by atoms with E-state index in [1.54, 1.807) is 23.9 Å². The van der Waals surface area contributed by atoms with E-state index in [1.807, 2.05) is 37.3 Å². The summed E-state index contributed by atoms with van der Waals surface area (Å²) in [5.41, 5.74) is 1.95. The van der Waals surface area contributed by atoms with Crippen molar-refractivity contribution in [1.29, 1.82) is 0 Å². The van der Waals surface area contributed by atoms with E-state index in [2.05, 4.69) is 17.4 Å². The minimum Gasteiger partial charge on any atom is -0.325 e. The molecule has 0 fully saturated rings. The first-order chi connectivity index (χ1) is 9.65. The molecule has 0 saturated carbocycles. The Morgan fingerprint density at radius 3 is 2.65 bits per heavy atom. The van der Waals surface area contributed by atoms with Crippen LogP contribution < -0.4 is 5.32 Å². The van der Waals surface area contributed by atoms with Gasteiger partial charge in [-0.2, -0.15) is 0 Å². The van der Waals surface area contributed by atoms with E-state index in [9.17, 15) is 4.79 Å². The van der Waals surface area contributed by atoms with Crippen LogP contribution in [-0.4, -0.2) is 11.2 Å². The molecule has 0 aliphatic heterocycles. The van der Waals surface area contributed by atoms with Crippen LogP contribution in [0.3, 0.4) is 0 Å². The Hall–Kier alpha value is -1.45. The lowest BCUT2D eigenvalue weighted by Gasteiger charge is -2.12. The van der Waals surface area contributed by atoms with Gasteiger partial charge in [0.1, 0.15) is 0 Å². The van der Waals surface area contributed by atoms with Gasteiger partial charge in [-0.3, -0.25) is 4.79 Å². The fourth-order valence-corrected chi connectivity index (χ4v) is 2.72. The normalized spacial score (nSPS) is 11.9. The maximum absolute atomic E-state index is 12.1. The summed E-state index contributed by atoms with van der Waals surface area (Å²) in [6, 6.07) is 17.3. The predicted molar refractivity (Wildman–Crippen MR) is 87.3 cm³/mol. The van der Waals surface area contributed by atoms with Crippen molar-refractivity contribution < 1.29 is 4.79 Å². The summed E-state index contributed by atoms with van der Waals surface area (Å²) < 4.78 is 0. The zero-order valence-electron chi connectivity index (χ0n) is 11.2. The van der Waals surface area contributed by atoms with Crippen LogP contribution in [0.4, 0.5) is 5.69 Å². The molecule has 1 atom stereocenters. The van der Waals surface area contributed by atoms with Crippen molar-refractivity contribution in [3.05, 3.63) is 65.2 Å². The minimum absolute atomic E-state index is 0.00630. The molecular formula is C16H16ClNOS. The van der Waals surface area contributed by atoms with E-state index in [0.29, 0.717) is 5.02 Å². The van der Waals surface area contributed by atoms with Gasteiger partial charge in [0, 0.05) is 16.5 Å². The Labute approximate surface area is 128 Å². The van der Waals surface area contributed by atoms with Crippen LogP contribution >= 0.6 is 23.4 Å². The highest BCUT2D eigenvalue weighted by Crippen LogP contribution is 2.20. The lowest BCUT2D eigenvalue weighted by molar-refractivity contribution is -0.115. The molecule has 2 nitrogen and oxygen atoms in total. The van der Waals surface area contributed by atoms with Crippen molar-refractivity contribution >= 4 is 35.0 Å². The van der Waals surface area contributed by atoms with Crippen molar-refractivity contribution in [3.8, 4) is 0 Å². The zero-order valence-corrected chi connectivity index (χ0v) is 12.7. The summed E-state index contributed by atoms with van der Waals surface area (Å²) in [5, 5.41) is 3.38. The van der Waals surface area contributed by atoms with Crippen molar-refractivity contribution in [1.82, 2.24) is 0 Å². The van der Waals surface area contributed by atoms with Crippen LogP contribution in [0.15, 0.2) is 54.6 Å². The molecule has 0 bridgehead atoms. The van der Waals surface area contributed by atoms with Crippen molar-refractivity contribution in [2.45, 2.75) is 17.9 Å². The highest BCUT2D eigenvalue weighted by Gasteiger charge is 2.13. The fourth-order valence-electron chi connectivity index (χ4n) is 1.68. The number of hydrogen-bond acceptors (Lipinski definition) is 2. The average molecular weight is 306 g/mol. The monoisotopic (exact) mass is 305 g/mol. The van der Waals surface area contributed by atoms with Gasteiger partial charge in [0.05, 0.1) is 5.25 Å². The van der Waals surface area contributed by atoms with E-state index in [-0.39, 0.29) is 11.2 Å². The predicted octanol–water partition coefficient (Wildman–Crippen LogP) is 4.60. The summed E-state index contributed by atoms with van der Waals surface area (Å²) >= 11 is 7.51. The van der Waals surface area contributed by atoms with Gasteiger partial charge in [0.15, 0.2) is 0 Å². The Balaban J connectivity index is 1.86. The standard InChI is InChI=1S/C16H16ClNOS/c1-12(20-11-13-6-3-2-4-7-13)16(19)18-15-9-5-8-14(17)10-15/h2-10,12H,11H2,1H3,(H,18,19)/t12-/m0/s1. The average Bonchev–Trinajstić information content (AvgIpc) is 2.46. The molecule has 0 saturated heterocycles. The maximum Gasteiger partial charge on any atom is 0.237 e. The van der Waals surface area contributed by atoms with Gasteiger partial charge in [-0.25, -0.2) is 0 Å². The number of halogens is 1. The molecule has 104 valence electrons. The third-order valence-corrected chi connectivity index (χ3v) is 4.25. The lowest BCUT2D eigenvalue weighted by atomic mass is 10.2. The van der Waals surface area contributed by atoms with Crippen LogP contribution in [0, 0.1) is 0 Å².